The molecule has 0 spiro atoms. The summed E-state index contributed by atoms with van der Waals surface area (Å²) in [7, 11) is 0. The van der Waals surface area contributed by atoms with Gasteiger partial charge in [0.15, 0.2) is 0 Å². The van der Waals surface area contributed by atoms with Crippen molar-refractivity contribution in [2.24, 2.45) is 0 Å². The fourth-order valence-corrected chi connectivity index (χ4v) is 1.91. The van der Waals surface area contributed by atoms with Crippen molar-refractivity contribution in [3.05, 3.63) is 35.1 Å². The highest BCUT2D eigenvalue weighted by atomic mass is 19.4. The molecule has 120 valence electrons. The molecule has 0 fully saturated rings. The molecule has 1 N–H and O–H groups in total. The van der Waals surface area contributed by atoms with Gasteiger partial charge in [0.25, 0.3) is 0 Å². The fraction of sp³-hybridized carbons (Fsp3) is 0.600. The molecule has 1 unspecified atom stereocenters. The Morgan fingerprint density at radius 3 is 2.48 bits per heavy atom. The Morgan fingerprint density at radius 2 is 1.90 bits per heavy atom. The highest BCUT2D eigenvalue weighted by Crippen LogP contribution is 2.32. The molecule has 1 rings (SSSR count). The smallest absolute Gasteiger partial charge is 0.379 e. The topological polar surface area (TPSA) is 21.3 Å². The van der Waals surface area contributed by atoms with E-state index in [1.54, 1.807) is 0 Å². The molecule has 1 aromatic carbocycles. The molecule has 21 heavy (non-hydrogen) atoms. The predicted molar refractivity (Wildman–Crippen MR) is 73.5 cm³/mol. The van der Waals surface area contributed by atoms with Crippen LogP contribution in [-0.4, -0.2) is 19.8 Å². The molecule has 1 atom stereocenters. The minimum Gasteiger partial charge on any atom is -0.379 e. The van der Waals surface area contributed by atoms with Crippen molar-refractivity contribution < 1.29 is 22.3 Å². The first kappa shape index (κ1) is 17.9. The Morgan fingerprint density at radius 1 is 1.19 bits per heavy atom. The summed E-state index contributed by atoms with van der Waals surface area (Å²) in [6, 6.07) is 1.89. The lowest BCUT2D eigenvalue weighted by Crippen LogP contribution is -2.27. The molecular formula is C15H21F4NO. The first-order chi connectivity index (χ1) is 9.90. The fourth-order valence-electron chi connectivity index (χ4n) is 1.91. The summed E-state index contributed by atoms with van der Waals surface area (Å²) in [5, 5.41) is 3.03. The summed E-state index contributed by atoms with van der Waals surface area (Å²) in [5.41, 5.74) is -0.855. The monoisotopic (exact) mass is 307 g/mol. The van der Waals surface area contributed by atoms with Gasteiger partial charge < -0.3 is 10.1 Å². The number of rotatable bonds is 8. The largest absolute Gasteiger partial charge is 0.416 e. The molecule has 0 aliphatic rings. The minimum atomic E-state index is -4.48. The summed E-state index contributed by atoms with van der Waals surface area (Å²) >= 11 is 0. The molecule has 0 radical (unpaired) electrons. The third kappa shape index (κ3) is 5.63. The van der Waals surface area contributed by atoms with Crippen molar-refractivity contribution in [3.8, 4) is 0 Å². The minimum absolute atomic E-state index is 0.00521. The third-order valence-electron chi connectivity index (χ3n) is 2.97. The SMILES string of the molecule is CCCNC(COCCC)c1cc(C(F)(F)F)ccc1F. The maximum absolute atomic E-state index is 13.9. The van der Waals surface area contributed by atoms with E-state index < -0.39 is 23.6 Å². The zero-order valence-electron chi connectivity index (χ0n) is 12.3. The number of hydrogen-bond acceptors (Lipinski definition) is 2. The van der Waals surface area contributed by atoms with E-state index in [2.05, 4.69) is 5.32 Å². The van der Waals surface area contributed by atoms with E-state index in [1.807, 2.05) is 13.8 Å². The molecule has 0 aliphatic heterocycles. The number of halogens is 4. The van der Waals surface area contributed by atoms with Crippen molar-refractivity contribution in [1.29, 1.82) is 0 Å². The first-order valence-electron chi connectivity index (χ1n) is 7.07. The maximum Gasteiger partial charge on any atom is 0.416 e. The lowest BCUT2D eigenvalue weighted by atomic mass is 10.0. The van der Waals surface area contributed by atoms with Crippen molar-refractivity contribution in [2.45, 2.75) is 38.9 Å². The van der Waals surface area contributed by atoms with E-state index in [0.29, 0.717) is 13.2 Å². The van der Waals surface area contributed by atoms with Gasteiger partial charge in [0.2, 0.25) is 0 Å². The molecular weight excluding hydrogens is 286 g/mol. The van der Waals surface area contributed by atoms with Crippen LogP contribution in [0.25, 0.3) is 0 Å². The van der Waals surface area contributed by atoms with Crippen molar-refractivity contribution >= 4 is 0 Å². The number of nitrogens with one attached hydrogen (secondary N) is 1. The van der Waals surface area contributed by atoms with Gasteiger partial charge in [-0.1, -0.05) is 13.8 Å². The molecule has 0 aliphatic carbocycles. The molecule has 0 amide bonds. The van der Waals surface area contributed by atoms with Crippen LogP contribution in [0.4, 0.5) is 17.6 Å². The number of alkyl halides is 3. The van der Waals surface area contributed by atoms with Crippen LogP contribution in [0.5, 0.6) is 0 Å². The molecule has 0 aromatic heterocycles. The van der Waals surface area contributed by atoms with Crippen LogP contribution < -0.4 is 5.32 Å². The van der Waals surface area contributed by atoms with Gasteiger partial charge in [-0.2, -0.15) is 13.2 Å². The van der Waals surface area contributed by atoms with Crippen LogP contribution in [-0.2, 0) is 10.9 Å². The van der Waals surface area contributed by atoms with E-state index in [9.17, 15) is 17.6 Å². The van der Waals surface area contributed by atoms with Gasteiger partial charge in [-0.05, 0) is 37.6 Å². The van der Waals surface area contributed by atoms with Gasteiger partial charge in [0, 0.05) is 12.2 Å². The van der Waals surface area contributed by atoms with Gasteiger partial charge in [-0.15, -0.1) is 0 Å². The van der Waals surface area contributed by atoms with Crippen molar-refractivity contribution in [1.82, 2.24) is 5.32 Å². The van der Waals surface area contributed by atoms with E-state index in [0.717, 1.165) is 31.0 Å². The normalized spacial score (nSPS) is 13.4. The summed E-state index contributed by atoms with van der Waals surface area (Å²) in [5.74, 6) is -0.656. The van der Waals surface area contributed by atoms with Crippen LogP contribution in [0, 0.1) is 5.82 Å². The summed E-state index contributed by atoms with van der Waals surface area (Å²) < 4.78 is 57.5. The highest BCUT2D eigenvalue weighted by molar-refractivity contribution is 5.29. The second-order valence-electron chi connectivity index (χ2n) is 4.82. The highest BCUT2D eigenvalue weighted by Gasteiger charge is 2.32. The van der Waals surface area contributed by atoms with Crippen molar-refractivity contribution in [3.63, 3.8) is 0 Å². The Labute approximate surface area is 122 Å². The van der Waals surface area contributed by atoms with Crippen LogP contribution in [0.1, 0.15) is 43.9 Å². The molecule has 0 saturated heterocycles. The van der Waals surface area contributed by atoms with Gasteiger partial charge in [-0.25, -0.2) is 4.39 Å². The second kappa shape index (κ2) is 8.34. The number of ether oxygens (including phenoxy) is 1. The molecule has 2 nitrogen and oxygen atoms in total. The predicted octanol–water partition coefficient (Wildman–Crippen LogP) is 4.31. The Hall–Kier alpha value is -1.14. The van der Waals surface area contributed by atoms with Crippen LogP contribution in [0.2, 0.25) is 0 Å². The first-order valence-corrected chi connectivity index (χ1v) is 7.07. The van der Waals surface area contributed by atoms with Gasteiger partial charge >= 0.3 is 6.18 Å². The molecule has 0 saturated carbocycles. The zero-order chi connectivity index (χ0) is 15.9. The number of benzene rings is 1. The Bertz CT molecular complexity index is 434. The second-order valence-corrected chi connectivity index (χ2v) is 4.82. The summed E-state index contributed by atoms with van der Waals surface area (Å²) in [6.45, 7) is 5.07. The molecule has 1 aromatic rings. The summed E-state index contributed by atoms with van der Waals surface area (Å²) in [4.78, 5) is 0. The summed E-state index contributed by atoms with van der Waals surface area (Å²) in [6.07, 6.45) is -2.89. The molecule has 6 heteroatoms. The van der Waals surface area contributed by atoms with E-state index in [-0.39, 0.29) is 12.2 Å². The Balaban J connectivity index is 2.98. The quantitative estimate of drug-likeness (QED) is 0.571. The average Bonchev–Trinajstić information content (AvgIpc) is 2.42. The van der Waals surface area contributed by atoms with Gasteiger partial charge in [0.05, 0.1) is 18.2 Å². The van der Waals surface area contributed by atoms with E-state index in [4.69, 9.17) is 4.74 Å². The lowest BCUT2D eigenvalue weighted by molar-refractivity contribution is -0.137. The van der Waals surface area contributed by atoms with Gasteiger partial charge in [0.1, 0.15) is 5.82 Å². The Kier molecular flexibility index (Phi) is 7.11. The van der Waals surface area contributed by atoms with E-state index in [1.165, 1.54) is 0 Å². The number of hydrogen-bond donors (Lipinski definition) is 1. The zero-order valence-corrected chi connectivity index (χ0v) is 12.3. The van der Waals surface area contributed by atoms with Crippen molar-refractivity contribution in [2.75, 3.05) is 19.8 Å². The molecule has 0 bridgehead atoms. The van der Waals surface area contributed by atoms with E-state index >= 15 is 0 Å². The standard InChI is InChI=1S/C15H21F4NO/c1-3-7-20-14(10-21-8-4-2)12-9-11(15(17,18)19)5-6-13(12)16/h5-6,9,14,20H,3-4,7-8,10H2,1-2H3. The molecule has 0 heterocycles. The maximum atomic E-state index is 13.9. The third-order valence-corrected chi connectivity index (χ3v) is 2.97. The van der Waals surface area contributed by atoms with Gasteiger partial charge in [-0.3, -0.25) is 0 Å². The van der Waals surface area contributed by atoms with Crippen LogP contribution in [0.15, 0.2) is 18.2 Å². The van der Waals surface area contributed by atoms with Crippen LogP contribution in [0.3, 0.4) is 0 Å². The van der Waals surface area contributed by atoms with Crippen LogP contribution >= 0.6 is 0 Å². The average molecular weight is 307 g/mol. The lowest BCUT2D eigenvalue weighted by Gasteiger charge is -2.21.